The summed E-state index contributed by atoms with van der Waals surface area (Å²) in [4.78, 5) is 12.1. The molecule has 17 heavy (non-hydrogen) atoms. The highest BCUT2D eigenvalue weighted by Gasteiger charge is 2.38. The molecule has 1 amide bonds. The first kappa shape index (κ1) is 14.0. The summed E-state index contributed by atoms with van der Waals surface area (Å²) in [6.45, 7) is 6.10. The summed E-state index contributed by atoms with van der Waals surface area (Å²) < 4.78 is 0. The van der Waals surface area contributed by atoms with Crippen molar-refractivity contribution in [2.45, 2.75) is 52.0 Å². The molecular weight excluding hydrogens is 214 g/mol. The summed E-state index contributed by atoms with van der Waals surface area (Å²) in [6.07, 6.45) is 3.64. The highest BCUT2D eigenvalue weighted by molar-refractivity contribution is 5.86. The fourth-order valence-corrected chi connectivity index (χ4v) is 2.31. The monoisotopic (exact) mass is 237 g/mol. The van der Waals surface area contributed by atoms with Gasteiger partial charge in [-0.2, -0.15) is 5.26 Å². The topological polar surface area (TPSA) is 78.9 Å². The molecule has 0 aromatic heterocycles. The molecule has 1 fully saturated rings. The van der Waals surface area contributed by atoms with Gasteiger partial charge in [-0.25, -0.2) is 0 Å². The molecule has 0 aromatic rings. The summed E-state index contributed by atoms with van der Waals surface area (Å²) in [6, 6.07) is 2.17. The minimum atomic E-state index is -0.733. The SMILES string of the molecule is CC1CCCC(N)(C(=O)NCC(C)(C)C#N)C1. The van der Waals surface area contributed by atoms with Crippen LogP contribution in [0.4, 0.5) is 0 Å². The lowest BCUT2D eigenvalue weighted by Crippen LogP contribution is -2.57. The molecule has 0 spiro atoms. The Hall–Kier alpha value is -1.08. The number of nitriles is 1. The lowest BCUT2D eigenvalue weighted by atomic mass is 9.76. The number of nitrogens with two attached hydrogens (primary N) is 1. The molecule has 2 unspecified atom stereocenters. The van der Waals surface area contributed by atoms with Crippen LogP contribution in [0.3, 0.4) is 0 Å². The van der Waals surface area contributed by atoms with E-state index in [0.717, 1.165) is 25.7 Å². The second-order valence-electron chi connectivity index (χ2n) is 6.04. The second-order valence-corrected chi connectivity index (χ2v) is 6.04. The van der Waals surface area contributed by atoms with E-state index < -0.39 is 11.0 Å². The summed E-state index contributed by atoms with van der Waals surface area (Å²) in [5.74, 6) is 0.399. The van der Waals surface area contributed by atoms with Crippen molar-refractivity contribution in [3.8, 4) is 6.07 Å². The molecule has 0 heterocycles. The number of carbonyl (C=O) groups is 1. The van der Waals surface area contributed by atoms with Gasteiger partial charge in [-0.05, 0) is 32.6 Å². The smallest absolute Gasteiger partial charge is 0.240 e. The van der Waals surface area contributed by atoms with Crippen LogP contribution in [0.25, 0.3) is 0 Å². The summed E-state index contributed by atoms with van der Waals surface area (Å²) in [5, 5.41) is 11.7. The van der Waals surface area contributed by atoms with Crippen molar-refractivity contribution < 1.29 is 4.79 Å². The summed E-state index contributed by atoms with van der Waals surface area (Å²) in [7, 11) is 0. The maximum Gasteiger partial charge on any atom is 0.240 e. The van der Waals surface area contributed by atoms with Crippen LogP contribution < -0.4 is 11.1 Å². The van der Waals surface area contributed by atoms with Crippen molar-refractivity contribution >= 4 is 5.91 Å². The van der Waals surface area contributed by atoms with Gasteiger partial charge in [0.2, 0.25) is 5.91 Å². The standard InChI is InChI=1S/C13H23N3O/c1-10-5-4-6-13(15,7-10)11(17)16-9-12(2,3)8-14/h10H,4-7,9,15H2,1-3H3,(H,16,17). The largest absolute Gasteiger partial charge is 0.353 e. The van der Waals surface area contributed by atoms with E-state index >= 15 is 0 Å². The molecule has 0 saturated heterocycles. The molecule has 1 aliphatic carbocycles. The second kappa shape index (κ2) is 5.05. The van der Waals surface area contributed by atoms with Crippen LogP contribution in [0.5, 0.6) is 0 Å². The van der Waals surface area contributed by atoms with E-state index in [1.807, 2.05) is 0 Å². The average molecular weight is 237 g/mol. The fraction of sp³-hybridized carbons (Fsp3) is 0.846. The van der Waals surface area contributed by atoms with Gasteiger partial charge in [0.25, 0.3) is 0 Å². The van der Waals surface area contributed by atoms with Crippen molar-refractivity contribution in [2.24, 2.45) is 17.1 Å². The maximum atomic E-state index is 12.1. The van der Waals surface area contributed by atoms with Gasteiger partial charge in [-0.15, -0.1) is 0 Å². The summed E-state index contributed by atoms with van der Waals surface area (Å²) in [5.41, 5.74) is 4.90. The normalized spacial score (nSPS) is 29.5. The van der Waals surface area contributed by atoms with E-state index in [2.05, 4.69) is 18.3 Å². The quantitative estimate of drug-likeness (QED) is 0.781. The number of rotatable bonds is 3. The first-order valence-corrected chi connectivity index (χ1v) is 6.27. The first-order valence-electron chi connectivity index (χ1n) is 6.27. The average Bonchev–Trinajstić information content (AvgIpc) is 2.25. The molecule has 1 aliphatic rings. The molecule has 0 radical (unpaired) electrons. The van der Waals surface area contributed by atoms with Crippen LogP contribution in [0, 0.1) is 22.7 Å². The van der Waals surface area contributed by atoms with Gasteiger partial charge < -0.3 is 11.1 Å². The van der Waals surface area contributed by atoms with E-state index in [4.69, 9.17) is 11.0 Å². The third kappa shape index (κ3) is 3.71. The highest BCUT2D eigenvalue weighted by atomic mass is 16.2. The maximum absolute atomic E-state index is 12.1. The van der Waals surface area contributed by atoms with E-state index in [1.54, 1.807) is 13.8 Å². The van der Waals surface area contributed by atoms with Crippen LogP contribution in [-0.2, 0) is 4.79 Å². The van der Waals surface area contributed by atoms with E-state index in [1.165, 1.54) is 0 Å². The van der Waals surface area contributed by atoms with Crippen molar-refractivity contribution in [2.75, 3.05) is 6.54 Å². The fourth-order valence-electron chi connectivity index (χ4n) is 2.31. The number of nitrogens with one attached hydrogen (secondary N) is 1. The highest BCUT2D eigenvalue weighted by Crippen LogP contribution is 2.30. The van der Waals surface area contributed by atoms with Crippen molar-refractivity contribution in [1.29, 1.82) is 5.26 Å². The van der Waals surface area contributed by atoms with E-state index in [0.29, 0.717) is 12.5 Å². The minimum Gasteiger partial charge on any atom is -0.353 e. The number of carbonyl (C=O) groups excluding carboxylic acids is 1. The Labute approximate surface area is 104 Å². The zero-order chi connectivity index (χ0) is 13.1. The third-order valence-corrected chi connectivity index (χ3v) is 3.48. The number of nitrogens with zero attached hydrogens (tertiary/aromatic N) is 1. The zero-order valence-corrected chi connectivity index (χ0v) is 11.0. The van der Waals surface area contributed by atoms with Crippen LogP contribution in [0.15, 0.2) is 0 Å². The Morgan fingerprint density at radius 1 is 1.65 bits per heavy atom. The van der Waals surface area contributed by atoms with Crippen LogP contribution in [-0.4, -0.2) is 18.0 Å². The molecule has 1 saturated carbocycles. The molecule has 4 heteroatoms. The molecule has 0 aromatic carbocycles. The van der Waals surface area contributed by atoms with Crippen LogP contribution in [0.2, 0.25) is 0 Å². The molecule has 2 atom stereocenters. The zero-order valence-electron chi connectivity index (χ0n) is 11.0. The molecule has 1 rings (SSSR count). The Morgan fingerprint density at radius 3 is 2.82 bits per heavy atom. The van der Waals surface area contributed by atoms with Gasteiger partial charge in [0, 0.05) is 6.54 Å². The lowest BCUT2D eigenvalue weighted by Gasteiger charge is -2.35. The van der Waals surface area contributed by atoms with Gasteiger partial charge in [-0.1, -0.05) is 19.8 Å². The predicted molar refractivity (Wildman–Crippen MR) is 67.0 cm³/mol. The van der Waals surface area contributed by atoms with Crippen molar-refractivity contribution in [1.82, 2.24) is 5.32 Å². The van der Waals surface area contributed by atoms with Crippen molar-refractivity contribution in [3.63, 3.8) is 0 Å². The van der Waals surface area contributed by atoms with Crippen LogP contribution in [0.1, 0.15) is 46.5 Å². The van der Waals surface area contributed by atoms with E-state index in [9.17, 15) is 4.79 Å². The third-order valence-electron chi connectivity index (χ3n) is 3.48. The van der Waals surface area contributed by atoms with Gasteiger partial charge in [0.15, 0.2) is 0 Å². The Kier molecular flexibility index (Phi) is 4.16. The molecule has 0 aliphatic heterocycles. The van der Waals surface area contributed by atoms with E-state index in [-0.39, 0.29) is 5.91 Å². The van der Waals surface area contributed by atoms with Gasteiger partial charge in [0.1, 0.15) is 0 Å². The number of hydrogen-bond donors (Lipinski definition) is 2. The molecule has 96 valence electrons. The van der Waals surface area contributed by atoms with Gasteiger partial charge in [-0.3, -0.25) is 4.79 Å². The summed E-state index contributed by atoms with van der Waals surface area (Å²) >= 11 is 0. The molecular formula is C13H23N3O. The van der Waals surface area contributed by atoms with Gasteiger partial charge >= 0.3 is 0 Å². The molecule has 0 bridgehead atoms. The first-order chi connectivity index (χ1) is 7.79. The van der Waals surface area contributed by atoms with Crippen molar-refractivity contribution in [3.05, 3.63) is 0 Å². The molecule has 3 N–H and O–H groups in total. The Balaban J connectivity index is 2.55. The lowest BCUT2D eigenvalue weighted by molar-refractivity contribution is -0.128. The molecule has 4 nitrogen and oxygen atoms in total. The predicted octanol–water partition coefficient (Wildman–Crippen LogP) is 1.56. The number of hydrogen-bond acceptors (Lipinski definition) is 3. The van der Waals surface area contributed by atoms with Gasteiger partial charge in [0.05, 0.1) is 17.0 Å². The Bertz CT molecular complexity index is 332. The Morgan fingerprint density at radius 2 is 2.29 bits per heavy atom. The minimum absolute atomic E-state index is 0.104. The van der Waals surface area contributed by atoms with Crippen LogP contribution >= 0.6 is 0 Å². The number of amides is 1.